The van der Waals surface area contributed by atoms with Gasteiger partial charge in [-0.15, -0.1) is 0 Å². The molecule has 0 aliphatic rings. The Bertz CT molecular complexity index is 1250. The molecule has 0 spiro atoms. The lowest BCUT2D eigenvalue weighted by molar-refractivity contribution is 0.102. The number of aromatic nitrogens is 2. The molecule has 0 atom stereocenters. The molecular formula is C25H22N4O2. The highest BCUT2D eigenvalue weighted by molar-refractivity contribution is 6.10. The molecule has 4 rings (SSSR count). The summed E-state index contributed by atoms with van der Waals surface area (Å²) >= 11 is 0. The highest BCUT2D eigenvalue weighted by Crippen LogP contribution is 2.32. The van der Waals surface area contributed by atoms with Crippen molar-refractivity contribution in [1.82, 2.24) is 10.2 Å². The zero-order valence-electron chi connectivity index (χ0n) is 17.3. The molecule has 6 nitrogen and oxygen atoms in total. The van der Waals surface area contributed by atoms with Gasteiger partial charge in [-0.2, -0.15) is 5.10 Å². The van der Waals surface area contributed by atoms with Crippen molar-refractivity contribution in [3.8, 4) is 22.4 Å². The van der Waals surface area contributed by atoms with E-state index in [0.29, 0.717) is 16.9 Å². The lowest BCUT2D eigenvalue weighted by Gasteiger charge is -2.15. The maximum Gasteiger partial charge on any atom is 0.277 e. The van der Waals surface area contributed by atoms with E-state index in [1.54, 1.807) is 0 Å². The maximum absolute atomic E-state index is 13.3. The Labute approximate surface area is 180 Å². The molecule has 154 valence electrons. The van der Waals surface area contributed by atoms with Crippen molar-refractivity contribution in [1.29, 1.82) is 0 Å². The van der Waals surface area contributed by atoms with Crippen molar-refractivity contribution in [2.24, 2.45) is 0 Å². The van der Waals surface area contributed by atoms with Gasteiger partial charge in [-0.3, -0.25) is 9.59 Å². The van der Waals surface area contributed by atoms with Crippen LogP contribution in [-0.4, -0.2) is 30.2 Å². The van der Waals surface area contributed by atoms with Crippen LogP contribution in [0.25, 0.3) is 22.4 Å². The predicted molar refractivity (Wildman–Crippen MR) is 124 cm³/mol. The molecule has 3 aromatic carbocycles. The van der Waals surface area contributed by atoms with Crippen molar-refractivity contribution in [2.45, 2.75) is 0 Å². The fraction of sp³-hybridized carbons (Fsp3) is 0.0800. The SMILES string of the molecule is CN(C)c1ccc(NC(=O)c2c(-c3ccccc3)c(-c3ccccc3)n[nH]c2=O)cc1. The Morgan fingerprint density at radius 2 is 1.42 bits per heavy atom. The topological polar surface area (TPSA) is 78.1 Å². The van der Waals surface area contributed by atoms with E-state index in [1.807, 2.05) is 104 Å². The van der Waals surface area contributed by atoms with Gasteiger partial charge in [0.2, 0.25) is 0 Å². The van der Waals surface area contributed by atoms with Gasteiger partial charge < -0.3 is 10.2 Å². The molecule has 0 fully saturated rings. The molecule has 31 heavy (non-hydrogen) atoms. The summed E-state index contributed by atoms with van der Waals surface area (Å²) in [5.41, 5.74) is 3.69. The fourth-order valence-corrected chi connectivity index (χ4v) is 3.39. The summed E-state index contributed by atoms with van der Waals surface area (Å²) in [5, 5.41) is 9.63. The molecule has 1 heterocycles. The number of carbonyl (C=O) groups excluding carboxylic acids is 1. The average Bonchev–Trinajstić information content (AvgIpc) is 2.80. The van der Waals surface area contributed by atoms with Crippen LogP contribution in [0.5, 0.6) is 0 Å². The molecule has 0 unspecified atom stereocenters. The first-order valence-electron chi connectivity index (χ1n) is 9.87. The number of H-pyrrole nitrogens is 1. The van der Waals surface area contributed by atoms with Gasteiger partial charge in [0.15, 0.2) is 0 Å². The minimum atomic E-state index is -0.541. The van der Waals surface area contributed by atoms with Crippen molar-refractivity contribution < 1.29 is 4.79 Å². The Balaban J connectivity index is 1.83. The molecule has 0 aliphatic carbocycles. The first kappa shape index (κ1) is 20.1. The molecule has 1 aromatic heterocycles. The zero-order chi connectivity index (χ0) is 21.8. The summed E-state index contributed by atoms with van der Waals surface area (Å²) in [6.07, 6.45) is 0. The second kappa shape index (κ2) is 8.67. The molecule has 6 heteroatoms. The number of nitrogens with one attached hydrogen (secondary N) is 2. The summed E-state index contributed by atoms with van der Waals surface area (Å²) in [4.78, 5) is 28.0. The van der Waals surface area contributed by atoms with E-state index in [9.17, 15) is 9.59 Å². The highest BCUT2D eigenvalue weighted by Gasteiger charge is 2.23. The Hall–Kier alpha value is -4.19. The molecule has 2 N–H and O–H groups in total. The van der Waals surface area contributed by atoms with E-state index in [2.05, 4.69) is 15.5 Å². The molecule has 0 bridgehead atoms. The second-order valence-corrected chi connectivity index (χ2v) is 7.28. The number of benzene rings is 3. The first-order valence-corrected chi connectivity index (χ1v) is 9.87. The molecule has 0 saturated heterocycles. The Morgan fingerprint density at radius 3 is 2.00 bits per heavy atom. The van der Waals surface area contributed by atoms with Crippen LogP contribution in [0.3, 0.4) is 0 Å². The van der Waals surface area contributed by atoms with Crippen molar-refractivity contribution in [3.05, 3.63) is 101 Å². The number of rotatable bonds is 5. The van der Waals surface area contributed by atoms with E-state index in [-0.39, 0.29) is 5.56 Å². The number of anilines is 2. The van der Waals surface area contributed by atoms with Crippen molar-refractivity contribution in [3.63, 3.8) is 0 Å². The van der Waals surface area contributed by atoms with Gasteiger partial charge in [0.25, 0.3) is 11.5 Å². The average molecular weight is 410 g/mol. The molecule has 0 aliphatic heterocycles. The summed E-state index contributed by atoms with van der Waals surface area (Å²) in [7, 11) is 3.89. The van der Waals surface area contributed by atoms with Crippen LogP contribution in [0.15, 0.2) is 89.7 Å². The van der Waals surface area contributed by atoms with E-state index in [4.69, 9.17) is 0 Å². The summed E-state index contributed by atoms with van der Waals surface area (Å²) < 4.78 is 0. The van der Waals surface area contributed by atoms with Crippen LogP contribution in [0.4, 0.5) is 11.4 Å². The van der Waals surface area contributed by atoms with Gasteiger partial charge >= 0.3 is 0 Å². The van der Waals surface area contributed by atoms with Gasteiger partial charge in [0, 0.05) is 36.6 Å². The van der Waals surface area contributed by atoms with Crippen LogP contribution in [0, 0.1) is 0 Å². The lowest BCUT2D eigenvalue weighted by atomic mass is 9.95. The minimum Gasteiger partial charge on any atom is -0.378 e. The van der Waals surface area contributed by atoms with Gasteiger partial charge in [-0.05, 0) is 29.8 Å². The van der Waals surface area contributed by atoms with Crippen LogP contribution >= 0.6 is 0 Å². The first-order chi connectivity index (χ1) is 15.0. The van der Waals surface area contributed by atoms with Crippen LogP contribution in [-0.2, 0) is 0 Å². The van der Waals surface area contributed by atoms with Crippen LogP contribution in [0.2, 0.25) is 0 Å². The number of hydrogen-bond donors (Lipinski definition) is 2. The third kappa shape index (κ3) is 4.23. The molecule has 0 radical (unpaired) electrons. The predicted octanol–water partition coefficient (Wildman–Crippen LogP) is 4.42. The number of carbonyl (C=O) groups is 1. The summed E-state index contributed by atoms with van der Waals surface area (Å²) in [6, 6.07) is 26.3. The smallest absolute Gasteiger partial charge is 0.277 e. The quantitative estimate of drug-likeness (QED) is 0.510. The molecule has 0 saturated carbocycles. The third-order valence-corrected chi connectivity index (χ3v) is 4.96. The fourth-order valence-electron chi connectivity index (χ4n) is 3.39. The van der Waals surface area contributed by atoms with Gasteiger partial charge in [0.05, 0.1) is 5.69 Å². The highest BCUT2D eigenvalue weighted by atomic mass is 16.2. The van der Waals surface area contributed by atoms with Gasteiger partial charge in [0.1, 0.15) is 5.56 Å². The molecular weight excluding hydrogens is 388 g/mol. The van der Waals surface area contributed by atoms with Gasteiger partial charge in [-0.25, -0.2) is 5.10 Å². The number of amides is 1. The third-order valence-electron chi connectivity index (χ3n) is 4.96. The largest absolute Gasteiger partial charge is 0.378 e. The minimum absolute atomic E-state index is 0.0248. The van der Waals surface area contributed by atoms with E-state index in [0.717, 1.165) is 16.8 Å². The van der Waals surface area contributed by atoms with Crippen molar-refractivity contribution >= 4 is 17.3 Å². The standard InChI is InChI=1S/C25H22N4O2/c1-29(2)20-15-13-19(14-16-20)26-24(30)22-21(17-9-5-3-6-10-17)23(27-28-25(22)31)18-11-7-4-8-12-18/h3-16H,1-2H3,(H,26,30)(H,28,31). The zero-order valence-corrected chi connectivity index (χ0v) is 17.3. The van der Waals surface area contributed by atoms with E-state index < -0.39 is 11.5 Å². The Morgan fingerprint density at radius 1 is 0.839 bits per heavy atom. The number of hydrogen-bond acceptors (Lipinski definition) is 4. The molecule has 4 aromatic rings. The summed E-state index contributed by atoms with van der Waals surface area (Å²) in [6.45, 7) is 0. The number of aromatic amines is 1. The second-order valence-electron chi connectivity index (χ2n) is 7.28. The number of nitrogens with zero attached hydrogens (tertiary/aromatic N) is 2. The van der Waals surface area contributed by atoms with E-state index >= 15 is 0 Å². The van der Waals surface area contributed by atoms with Crippen LogP contribution < -0.4 is 15.8 Å². The monoisotopic (exact) mass is 410 g/mol. The van der Waals surface area contributed by atoms with E-state index in [1.165, 1.54) is 0 Å². The Kier molecular flexibility index (Phi) is 5.62. The lowest BCUT2D eigenvalue weighted by Crippen LogP contribution is -2.26. The maximum atomic E-state index is 13.3. The van der Waals surface area contributed by atoms with Crippen LogP contribution in [0.1, 0.15) is 10.4 Å². The molecule has 1 amide bonds. The summed E-state index contributed by atoms with van der Waals surface area (Å²) in [5.74, 6) is -0.489. The van der Waals surface area contributed by atoms with Gasteiger partial charge in [-0.1, -0.05) is 60.7 Å². The van der Waals surface area contributed by atoms with Crippen molar-refractivity contribution in [2.75, 3.05) is 24.3 Å². The normalized spacial score (nSPS) is 10.5.